The Morgan fingerprint density at radius 1 is 1.06 bits per heavy atom. The molecule has 4 fully saturated rings. The van der Waals surface area contributed by atoms with Crippen LogP contribution in [0.25, 0.3) is 0 Å². The highest BCUT2D eigenvalue weighted by Gasteiger charge is 2.84. The number of fused-ring (bicyclic) bond motifs is 1. The van der Waals surface area contributed by atoms with Crippen molar-refractivity contribution < 1.29 is 4.74 Å². The summed E-state index contributed by atoms with van der Waals surface area (Å²) in [6.07, 6.45) is 7.67. The van der Waals surface area contributed by atoms with Gasteiger partial charge in [-0.25, -0.2) is 0 Å². The number of hydrogen-bond acceptors (Lipinski definition) is 1. The molecule has 3 aliphatic carbocycles. The first-order chi connectivity index (χ1) is 7.33. The van der Waals surface area contributed by atoms with Gasteiger partial charge in [0.25, 0.3) is 0 Å². The smallest absolute Gasteiger partial charge is 0.106 e. The maximum atomic E-state index is 6.36. The molecule has 16 heavy (non-hydrogen) atoms. The fourth-order valence-electron chi connectivity index (χ4n) is 6.26. The minimum atomic E-state index is 0.304. The molecule has 0 aromatic carbocycles. The van der Waals surface area contributed by atoms with Crippen molar-refractivity contribution in [1.29, 1.82) is 0 Å². The van der Waals surface area contributed by atoms with E-state index in [0.29, 0.717) is 27.9 Å². The van der Waals surface area contributed by atoms with E-state index in [1.165, 1.54) is 32.1 Å². The van der Waals surface area contributed by atoms with Crippen LogP contribution in [-0.2, 0) is 4.74 Å². The molecule has 3 saturated carbocycles. The summed E-state index contributed by atoms with van der Waals surface area (Å²) in [6.45, 7) is 9.87. The van der Waals surface area contributed by atoms with Crippen LogP contribution in [0.1, 0.15) is 59.8 Å². The lowest BCUT2D eigenvalue weighted by molar-refractivity contribution is -0.0117. The molecule has 2 spiro atoms. The summed E-state index contributed by atoms with van der Waals surface area (Å²) in [7, 11) is 0. The predicted molar refractivity (Wildman–Crippen MR) is 64.2 cm³/mol. The first-order valence-electron chi connectivity index (χ1n) is 7.01. The normalized spacial score (nSPS) is 59.2. The molecule has 1 aliphatic heterocycles. The van der Waals surface area contributed by atoms with Crippen molar-refractivity contribution in [3.63, 3.8) is 0 Å². The SMILES string of the molecule is CC1(C)C[C@@H]2O[C@@]23C(C)(C)[C@H]2CC[C@@]3(C2)C1. The third kappa shape index (κ3) is 0.776. The Labute approximate surface area is 98.9 Å². The molecule has 1 nitrogen and oxygen atoms in total. The molecule has 4 atom stereocenters. The van der Waals surface area contributed by atoms with E-state index in [1.54, 1.807) is 0 Å². The van der Waals surface area contributed by atoms with E-state index in [-0.39, 0.29) is 0 Å². The Bertz CT molecular complexity index is 370. The summed E-state index contributed by atoms with van der Waals surface area (Å²) in [5.41, 5.74) is 1.83. The molecule has 0 radical (unpaired) electrons. The van der Waals surface area contributed by atoms with Crippen molar-refractivity contribution >= 4 is 0 Å². The Morgan fingerprint density at radius 2 is 1.81 bits per heavy atom. The van der Waals surface area contributed by atoms with Gasteiger partial charge in [-0.2, -0.15) is 0 Å². The van der Waals surface area contributed by atoms with Crippen LogP contribution in [0, 0.1) is 22.2 Å². The van der Waals surface area contributed by atoms with Crippen molar-refractivity contribution in [2.45, 2.75) is 71.5 Å². The van der Waals surface area contributed by atoms with Crippen LogP contribution in [0.5, 0.6) is 0 Å². The van der Waals surface area contributed by atoms with Crippen molar-refractivity contribution in [1.82, 2.24) is 0 Å². The molecule has 0 aromatic rings. The second-order valence-electron chi connectivity index (χ2n) is 8.33. The topological polar surface area (TPSA) is 12.5 Å². The number of ether oxygens (including phenoxy) is 1. The lowest BCUT2D eigenvalue weighted by Crippen LogP contribution is -2.52. The Balaban J connectivity index is 1.85. The third-order valence-corrected chi connectivity index (χ3v) is 6.65. The fourth-order valence-corrected chi connectivity index (χ4v) is 6.26. The van der Waals surface area contributed by atoms with Gasteiger partial charge in [0.1, 0.15) is 5.60 Å². The fraction of sp³-hybridized carbons (Fsp3) is 1.00. The summed E-state index contributed by atoms with van der Waals surface area (Å²) >= 11 is 0. The zero-order valence-electron chi connectivity index (χ0n) is 11.1. The van der Waals surface area contributed by atoms with Crippen molar-refractivity contribution in [3.05, 3.63) is 0 Å². The van der Waals surface area contributed by atoms with Crippen molar-refractivity contribution in [3.8, 4) is 0 Å². The molecule has 90 valence electrons. The highest BCUT2D eigenvalue weighted by molar-refractivity contribution is 5.32. The van der Waals surface area contributed by atoms with E-state index in [2.05, 4.69) is 27.7 Å². The van der Waals surface area contributed by atoms with Gasteiger partial charge in [0.2, 0.25) is 0 Å². The second-order valence-corrected chi connectivity index (χ2v) is 8.33. The van der Waals surface area contributed by atoms with Crippen LogP contribution in [0.4, 0.5) is 0 Å². The molecule has 2 bridgehead atoms. The Kier molecular flexibility index (Phi) is 1.40. The van der Waals surface area contributed by atoms with Crippen molar-refractivity contribution in [2.75, 3.05) is 0 Å². The molecular formula is C15H24O. The van der Waals surface area contributed by atoms with Gasteiger partial charge < -0.3 is 4.74 Å². The summed E-state index contributed by atoms with van der Waals surface area (Å²) in [5, 5.41) is 0. The van der Waals surface area contributed by atoms with Gasteiger partial charge in [0.05, 0.1) is 6.10 Å². The van der Waals surface area contributed by atoms with Crippen LogP contribution in [-0.4, -0.2) is 11.7 Å². The highest BCUT2D eigenvalue weighted by Crippen LogP contribution is 2.81. The van der Waals surface area contributed by atoms with E-state index in [9.17, 15) is 0 Å². The van der Waals surface area contributed by atoms with Gasteiger partial charge in [0.15, 0.2) is 0 Å². The summed E-state index contributed by atoms with van der Waals surface area (Å²) in [6, 6.07) is 0. The van der Waals surface area contributed by atoms with Gasteiger partial charge in [-0.1, -0.05) is 27.7 Å². The first kappa shape index (κ1) is 9.94. The lowest BCUT2D eigenvalue weighted by atomic mass is 9.53. The number of epoxide rings is 1. The monoisotopic (exact) mass is 220 g/mol. The maximum Gasteiger partial charge on any atom is 0.106 e. The van der Waals surface area contributed by atoms with E-state index < -0.39 is 0 Å². The van der Waals surface area contributed by atoms with Crippen LogP contribution < -0.4 is 0 Å². The van der Waals surface area contributed by atoms with E-state index >= 15 is 0 Å². The first-order valence-corrected chi connectivity index (χ1v) is 7.01. The third-order valence-electron chi connectivity index (χ3n) is 6.65. The van der Waals surface area contributed by atoms with Crippen LogP contribution in [0.3, 0.4) is 0 Å². The average molecular weight is 220 g/mol. The Morgan fingerprint density at radius 3 is 2.56 bits per heavy atom. The molecule has 0 unspecified atom stereocenters. The van der Waals surface area contributed by atoms with E-state index in [0.717, 1.165) is 5.92 Å². The predicted octanol–water partition coefficient (Wildman–Crippen LogP) is 3.77. The molecule has 1 heterocycles. The molecule has 0 amide bonds. The Hall–Kier alpha value is -0.0400. The molecule has 0 aromatic heterocycles. The van der Waals surface area contributed by atoms with Gasteiger partial charge in [-0.15, -0.1) is 0 Å². The minimum Gasteiger partial charge on any atom is -0.365 e. The lowest BCUT2D eigenvalue weighted by Gasteiger charge is -2.49. The van der Waals surface area contributed by atoms with Gasteiger partial charge in [-0.3, -0.25) is 0 Å². The number of hydrogen-bond donors (Lipinski definition) is 0. The largest absolute Gasteiger partial charge is 0.365 e. The van der Waals surface area contributed by atoms with Crippen LogP contribution in [0.2, 0.25) is 0 Å². The van der Waals surface area contributed by atoms with Crippen molar-refractivity contribution in [2.24, 2.45) is 22.2 Å². The van der Waals surface area contributed by atoms with Gasteiger partial charge in [0, 0.05) is 5.41 Å². The summed E-state index contributed by atoms with van der Waals surface area (Å²) in [4.78, 5) is 0. The molecule has 1 saturated heterocycles. The van der Waals surface area contributed by atoms with E-state index in [1.807, 2.05) is 0 Å². The van der Waals surface area contributed by atoms with E-state index in [4.69, 9.17) is 4.74 Å². The number of rotatable bonds is 0. The molecule has 0 N–H and O–H groups in total. The van der Waals surface area contributed by atoms with Gasteiger partial charge >= 0.3 is 0 Å². The minimum absolute atomic E-state index is 0.304. The maximum absolute atomic E-state index is 6.36. The molecular weight excluding hydrogens is 196 g/mol. The quantitative estimate of drug-likeness (QED) is 0.566. The average Bonchev–Trinajstić information content (AvgIpc) is 2.65. The standard InChI is InChI=1S/C15H24O/c1-12(2)8-11-15(16-11)13(3,4)10-5-6-14(15,7-10)9-12/h10-11H,5-9H2,1-4H3/t10-,11-,14+,15+/m0/s1. The molecule has 4 rings (SSSR count). The highest BCUT2D eigenvalue weighted by atomic mass is 16.6. The van der Waals surface area contributed by atoms with Gasteiger partial charge in [-0.05, 0) is 48.9 Å². The van der Waals surface area contributed by atoms with Crippen LogP contribution in [0.15, 0.2) is 0 Å². The zero-order valence-corrected chi connectivity index (χ0v) is 11.1. The molecule has 1 heteroatoms. The zero-order chi connectivity index (χ0) is 11.4. The summed E-state index contributed by atoms with van der Waals surface area (Å²) in [5.74, 6) is 0.936. The molecule has 4 aliphatic rings. The summed E-state index contributed by atoms with van der Waals surface area (Å²) < 4.78 is 6.36. The second kappa shape index (κ2) is 2.25. The van der Waals surface area contributed by atoms with Crippen LogP contribution >= 0.6 is 0 Å².